The number of hydrogen-bond acceptors (Lipinski definition) is 5. The number of alkyl carbamates (subject to hydrolysis) is 1. The molecule has 6 nitrogen and oxygen atoms in total. The van der Waals surface area contributed by atoms with Gasteiger partial charge in [0.1, 0.15) is 11.7 Å². The highest BCUT2D eigenvalue weighted by atomic mass is 32.2. The average molecular weight is 420 g/mol. The molecule has 0 aliphatic rings. The first-order valence-electron chi connectivity index (χ1n) is 9.47. The summed E-state index contributed by atoms with van der Waals surface area (Å²) in [5.41, 5.74) is 1.18. The van der Waals surface area contributed by atoms with Gasteiger partial charge in [-0.1, -0.05) is 60.7 Å². The van der Waals surface area contributed by atoms with Crippen LogP contribution in [0.15, 0.2) is 60.7 Å². The van der Waals surface area contributed by atoms with Crippen LogP contribution in [-0.2, 0) is 31.9 Å². The normalized spacial score (nSPS) is 14.1. The highest BCUT2D eigenvalue weighted by Crippen LogP contribution is 2.17. The lowest BCUT2D eigenvalue weighted by Crippen LogP contribution is -2.49. The summed E-state index contributed by atoms with van der Waals surface area (Å²) in [5.74, 6) is 0. The number of carbonyl (C=O) groups is 1. The molecule has 29 heavy (non-hydrogen) atoms. The Hall–Kier alpha value is -2.38. The minimum Gasteiger partial charge on any atom is -0.444 e. The van der Waals surface area contributed by atoms with Gasteiger partial charge in [-0.05, 0) is 38.3 Å². The Balaban J connectivity index is 2.31. The van der Waals surface area contributed by atoms with E-state index in [9.17, 15) is 13.2 Å². The lowest BCUT2D eigenvalue weighted by molar-refractivity contribution is 0.0447. The van der Waals surface area contributed by atoms with E-state index in [0.29, 0.717) is 12.8 Å². The van der Waals surface area contributed by atoms with Gasteiger partial charge in [0.2, 0.25) is 0 Å². The first-order chi connectivity index (χ1) is 13.5. The van der Waals surface area contributed by atoms with E-state index in [4.69, 9.17) is 8.92 Å². The fourth-order valence-electron chi connectivity index (χ4n) is 2.92. The van der Waals surface area contributed by atoms with Crippen molar-refractivity contribution in [2.45, 2.75) is 51.4 Å². The summed E-state index contributed by atoms with van der Waals surface area (Å²) in [6.45, 7) is 5.31. The summed E-state index contributed by atoms with van der Waals surface area (Å²) in [6, 6.07) is 18.3. The molecule has 0 saturated heterocycles. The van der Waals surface area contributed by atoms with Crippen LogP contribution in [0.25, 0.3) is 0 Å². The van der Waals surface area contributed by atoms with Crippen molar-refractivity contribution in [3.63, 3.8) is 0 Å². The molecule has 0 spiro atoms. The predicted octanol–water partition coefficient (Wildman–Crippen LogP) is 3.71. The van der Waals surface area contributed by atoms with Crippen molar-refractivity contribution in [3.05, 3.63) is 71.8 Å². The van der Waals surface area contributed by atoms with Gasteiger partial charge in [0.25, 0.3) is 10.1 Å². The third-order valence-electron chi connectivity index (χ3n) is 4.03. The monoisotopic (exact) mass is 419 g/mol. The lowest BCUT2D eigenvalue weighted by Gasteiger charge is -2.29. The largest absolute Gasteiger partial charge is 0.444 e. The van der Waals surface area contributed by atoms with Crippen LogP contribution < -0.4 is 5.32 Å². The molecule has 0 bridgehead atoms. The zero-order valence-electron chi connectivity index (χ0n) is 17.3. The van der Waals surface area contributed by atoms with Crippen molar-refractivity contribution < 1.29 is 22.1 Å². The fourth-order valence-corrected chi connectivity index (χ4v) is 3.57. The smallest absolute Gasteiger partial charge is 0.407 e. The number of rotatable bonds is 8. The molecule has 0 aliphatic heterocycles. The SMILES string of the molecule is CC(C)(C)OC(=O)N[C@H](Cc1ccccc1)[C@@H](Cc1ccccc1)OS(C)(=O)=O. The van der Waals surface area contributed by atoms with Crippen LogP contribution in [-0.4, -0.2) is 38.5 Å². The van der Waals surface area contributed by atoms with Gasteiger partial charge >= 0.3 is 6.09 Å². The molecule has 0 heterocycles. The van der Waals surface area contributed by atoms with Crippen molar-refractivity contribution >= 4 is 16.2 Å². The van der Waals surface area contributed by atoms with E-state index in [2.05, 4.69) is 5.32 Å². The third-order valence-corrected chi connectivity index (χ3v) is 4.62. The van der Waals surface area contributed by atoms with Crippen LogP contribution in [0, 0.1) is 0 Å². The number of nitrogens with one attached hydrogen (secondary N) is 1. The van der Waals surface area contributed by atoms with Crippen molar-refractivity contribution in [1.29, 1.82) is 0 Å². The molecule has 158 valence electrons. The van der Waals surface area contributed by atoms with Crippen molar-refractivity contribution in [1.82, 2.24) is 5.32 Å². The highest BCUT2D eigenvalue weighted by molar-refractivity contribution is 7.86. The lowest BCUT2D eigenvalue weighted by atomic mass is 9.96. The minimum atomic E-state index is -3.74. The van der Waals surface area contributed by atoms with Crippen LogP contribution in [0.2, 0.25) is 0 Å². The summed E-state index contributed by atoms with van der Waals surface area (Å²) in [5, 5.41) is 2.81. The van der Waals surface area contributed by atoms with Crippen molar-refractivity contribution in [2.75, 3.05) is 6.26 Å². The number of carbonyl (C=O) groups excluding carboxylic acids is 1. The van der Waals surface area contributed by atoms with Gasteiger partial charge in [-0.25, -0.2) is 4.79 Å². The van der Waals surface area contributed by atoms with E-state index in [1.807, 2.05) is 60.7 Å². The standard InChI is InChI=1S/C22H29NO5S/c1-22(2,3)27-21(24)23-19(15-17-11-7-5-8-12-17)20(28-29(4,25)26)16-18-13-9-6-10-14-18/h5-14,19-20H,15-16H2,1-4H3,(H,23,24)/t19-,20-/m1/s1. The first kappa shape index (κ1) is 22.9. The van der Waals surface area contributed by atoms with E-state index < -0.39 is 34.0 Å². The summed E-state index contributed by atoms with van der Waals surface area (Å²) in [4.78, 5) is 12.4. The molecule has 1 N–H and O–H groups in total. The molecular formula is C22H29NO5S. The minimum absolute atomic E-state index is 0.321. The Bertz CT molecular complexity index is 876. The molecular weight excluding hydrogens is 390 g/mol. The second-order valence-corrected chi connectivity index (χ2v) is 9.57. The number of hydrogen-bond donors (Lipinski definition) is 1. The maximum Gasteiger partial charge on any atom is 0.407 e. The van der Waals surface area contributed by atoms with E-state index in [1.54, 1.807) is 20.8 Å². The van der Waals surface area contributed by atoms with Crippen LogP contribution in [0.1, 0.15) is 31.9 Å². The van der Waals surface area contributed by atoms with Crippen molar-refractivity contribution in [2.24, 2.45) is 0 Å². The number of benzene rings is 2. The van der Waals surface area contributed by atoms with Gasteiger partial charge in [-0.2, -0.15) is 8.42 Å². The molecule has 0 aliphatic carbocycles. The quantitative estimate of drug-likeness (QED) is 0.660. The summed E-state index contributed by atoms with van der Waals surface area (Å²) in [7, 11) is -3.74. The van der Waals surface area contributed by atoms with Gasteiger partial charge in [-0.3, -0.25) is 4.18 Å². The Morgan fingerprint density at radius 3 is 1.86 bits per heavy atom. The average Bonchev–Trinajstić information content (AvgIpc) is 2.60. The Morgan fingerprint density at radius 2 is 1.41 bits per heavy atom. The number of ether oxygens (including phenoxy) is 1. The predicted molar refractivity (Wildman–Crippen MR) is 113 cm³/mol. The molecule has 2 atom stereocenters. The zero-order chi connectivity index (χ0) is 21.5. The molecule has 7 heteroatoms. The maximum atomic E-state index is 12.4. The molecule has 0 aromatic heterocycles. The first-order valence-corrected chi connectivity index (χ1v) is 11.3. The summed E-state index contributed by atoms with van der Waals surface area (Å²) in [6.07, 6.45) is 0.320. The molecule has 2 aromatic carbocycles. The van der Waals surface area contributed by atoms with E-state index in [0.717, 1.165) is 17.4 Å². The highest BCUT2D eigenvalue weighted by Gasteiger charge is 2.30. The topological polar surface area (TPSA) is 81.7 Å². The molecule has 0 unspecified atom stereocenters. The van der Waals surface area contributed by atoms with Gasteiger partial charge in [-0.15, -0.1) is 0 Å². The van der Waals surface area contributed by atoms with Crippen LogP contribution in [0.4, 0.5) is 4.79 Å². The fraction of sp³-hybridized carbons (Fsp3) is 0.409. The van der Waals surface area contributed by atoms with E-state index >= 15 is 0 Å². The molecule has 0 radical (unpaired) electrons. The van der Waals surface area contributed by atoms with E-state index in [1.165, 1.54) is 0 Å². The van der Waals surface area contributed by atoms with Crippen molar-refractivity contribution in [3.8, 4) is 0 Å². The van der Waals surface area contributed by atoms with Crippen LogP contribution in [0.3, 0.4) is 0 Å². The van der Waals surface area contributed by atoms with Gasteiger partial charge < -0.3 is 10.1 Å². The Kier molecular flexibility index (Phi) is 7.81. The third kappa shape index (κ3) is 9.11. The van der Waals surface area contributed by atoms with Gasteiger partial charge in [0.05, 0.1) is 12.3 Å². The van der Waals surface area contributed by atoms with Crippen LogP contribution in [0.5, 0.6) is 0 Å². The molecule has 1 amide bonds. The van der Waals surface area contributed by atoms with Gasteiger partial charge in [0, 0.05) is 6.42 Å². The summed E-state index contributed by atoms with van der Waals surface area (Å²) >= 11 is 0. The maximum absolute atomic E-state index is 12.4. The second kappa shape index (κ2) is 9.89. The zero-order valence-corrected chi connectivity index (χ0v) is 18.1. The molecule has 0 saturated carbocycles. The second-order valence-electron chi connectivity index (χ2n) is 7.97. The molecule has 0 fully saturated rings. The summed E-state index contributed by atoms with van der Waals surface area (Å²) < 4.78 is 34.7. The number of amides is 1. The van der Waals surface area contributed by atoms with Crippen LogP contribution >= 0.6 is 0 Å². The Morgan fingerprint density at radius 1 is 0.931 bits per heavy atom. The van der Waals surface area contributed by atoms with Gasteiger partial charge in [0.15, 0.2) is 0 Å². The Labute approximate surface area is 173 Å². The molecule has 2 aromatic rings. The molecule has 2 rings (SSSR count). The van der Waals surface area contributed by atoms with E-state index in [-0.39, 0.29) is 0 Å².